The number of aryl methyl sites for hydroxylation is 1. The Kier molecular flexibility index (Phi) is 6.62. The van der Waals surface area contributed by atoms with E-state index in [4.69, 9.17) is 21.3 Å². The first-order valence-electron chi connectivity index (χ1n) is 12.7. The zero-order chi connectivity index (χ0) is 27.9. The third kappa shape index (κ3) is 4.43. The smallest absolute Gasteiger partial charge is 0.218 e. The van der Waals surface area contributed by atoms with E-state index in [2.05, 4.69) is 29.2 Å². The maximum Gasteiger partial charge on any atom is 0.218 e. The molecule has 6 rings (SSSR count). The number of hydrogen-bond acceptors (Lipinski definition) is 4. The lowest BCUT2D eigenvalue weighted by Crippen LogP contribution is -2.31. The van der Waals surface area contributed by atoms with Gasteiger partial charge in [0, 0.05) is 42.5 Å². The number of rotatable bonds is 7. The van der Waals surface area contributed by atoms with Gasteiger partial charge < -0.3 is 19.0 Å². The molecular weight excluding hydrogens is 527 g/mol. The highest BCUT2D eigenvalue weighted by Gasteiger charge is 2.37. The molecule has 0 fully saturated rings. The van der Waals surface area contributed by atoms with Crippen LogP contribution in [0.5, 0.6) is 5.88 Å². The summed E-state index contributed by atoms with van der Waals surface area (Å²) >= 11 is 7.06. The highest BCUT2D eigenvalue weighted by Crippen LogP contribution is 2.40. The van der Waals surface area contributed by atoms with Gasteiger partial charge in [-0.3, -0.25) is 0 Å². The van der Waals surface area contributed by atoms with Crippen LogP contribution >= 0.6 is 11.6 Å². The van der Waals surface area contributed by atoms with Crippen molar-refractivity contribution in [1.82, 2.24) is 19.1 Å². The molecule has 0 saturated heterocycles. The SMILES string of the molecule is COc1nc2ccc(C(O)(c3ccc(F)cc3)c3cncn3C)cc2c(Cl)c1Cc1ccc(-n2cccc2)cc1. The van der Waals surface area contributed by atoms with Crippen LogP contribution in [0.3, 0.4) is 0 Å². The average molecular weight is 553 g/mol. The van der Waals surface area contributed by atoms with Gasteiger partial charge in [0.2, 0.25) is 5.88 Å². The van der Waals surface area contributed by atoms with Crippen LogP contribution in [0.1, 0.15) is 27.9 Å². The summed E-state index contributed by atoms with van der Waals surface area (Å²) in [5.41, 5.74) is 3.43. The number of methoxy groups -OCH3 is 1. The lowest BCUT2D eigenvalue weighted by molar-refractivity contribution is 0.117. The Labute approximate surface area is 235 Å². The van der Waals surface area contributed by atoms with E-state index in [1.54, 1.807) is 55.5 Å². The Bertz CT molecular complexity index is 1800. The fraction of sp³-hybridized carbons (Fsp3) is 0.125. The quantitative estimate of drug-likeness (QED) is 0.248. The van der Waals surface area contributed by atoms with E-state index in [1.807, 2.05) is 35.2 Å². The number of fused-ring (bicyclic) bond motifs is 1. The van der Waals surface area contributed by atoms with Gasteiger partial charge in [-0.05, 0) is 65.2 Å². The van der Waals surface area contributed by atoms with Crippen molar-refractivity contribution in [2.75, 3.05) is 7.11 Å². The van der Waals surface area contributed by atoms with Crippen molar-refractivity contribution >= 4 is 22.5 Å². The minimum Gasteiger partial charge on any atom is -0.481 e. The first kappa shape index (κ1) is 25.8. The van der Waals surface area contributed by atoms with Crippen molar-refractivity contribution < 1.29 is 14.2 Å². The molecule has 200 valence electrons. The number of ether oxygens (including phenoxy) is 1. The molecule has 6 nitrogen and oxygen atoms in total. The molecule has 3 aromatic carbocycles. The van der Waals surface area contributed by atoms with Crippen LogP contribution in [-0.2, 0) is 19.1 Å². The number of imidazole rings is 1. The zero-order valence-corrected chi connectivity index (χ0v) is 22.7. The molecule has 0 aliphatic carbocycles. The molecule has 1 atom stereocenters. The molecule has 1 unspecified atom stereocenters. The third-order valence-corrected chi connectivity index (χ3v) is 7.69. The number of hydrogen-bond donors (Lipinski definition) is 1. The van der Waals surface area contributed by atoms with E-state index in [0.29, 0.717) is 45.0 Å². The van der Waals surface area contributed by atoms with Gasteiger partial charge in [0.1, 0.15) is 5.82 Å². The molecule has 0 spiro atoms. The lowest BCUT2D eigenvalue weighted by atomic mass is 9.83. The lowest BCUT2D eigenvalue weighted by Gasteiger charge is -2.30. The standard InChI is InChI=1S/C32H26ClFN4O2/c1-37-20-35-19-29(37)32(39,22-7-10-24(34)11-8-22)23-9-14-28-26(18-23)30(33)27(31(36-28)40-2)17-21-5-12-25(13-6-21)38-15-3-4-16-38/h3-16,18-20,39H,17H2,1-2H3. The molecule has 0 amide bonds. The normalized spacial score (nSPS) is 12.9. The largest absolute Gasteiger partial charge is 0.481 e. The Morgan fingerprint density at radius 3 is 2.33 bits per heavy atom. The van der Waals surface area contributed by atoms with E-state index in [9.17, 15) is 9.50 Å². The van der Waals surface area contributed by atoms with Gasteiger partial charge in [-0.1, -0.05) is 41.9 Å². The van der Waals surface area contributed by atoms with Crippen LogP contribution in [0.2, 0.25) is 5.02 Å². The summed E-state index contributed by atoms with van der Waals surface area (Å²) in [7, 11) is 3.38. The van der Waals surface area contributed by atoms with Crippen LogP contribution in [0, 0.1) is 5.82 Å². The van der Waals surface area contributed by atoms with E-state index in [0.717, 1.165) is 16.8 Å². The maximum absolute atomic E-state index is 13.8. The molecule has 0 bridgehead atoms. The number of pyridine rings is 1. The molecule has 3 heterocycles. The van der Waals surface area contributed by atoms with Gasteiger partial charge in [-0.25, -0.2) is 14.4 Å². The summed E-state index contributed by atoms with van der Waals surface area (Å²) in [6.45, 7) is 0. The number of aromatic nitrogens is 4. The summed E-state index contributed by atoms with van der Waals surface area (Å²) in [5.74, 6) is 0.0557. The van der Waals surface area contributed by atoms with Crippen molar-refractivity contribution in [3.05, 3.63) is 143 Å². The Balaban J connectivity index is 1.46. The van der Waals surface area contributed by atoms with Crippen LogP contribution in [0.4, 0.5) is 4.39 Å². The van der Waals surface area contributed by atoms with Crippen LogP contribution in [0.15, 0.2) is 104 Å². The number of benzene rings is 3. The van der Waals surface area contributed by atoms with Gasteiger partial charge >= 0.3 is 0 Å². The first-order chi connectivity index (χ1) is 19.4. The first-order valence-corrected chi connectivity index (χ1v) is 13.1. The summed E-state index contributed by atoms with van der Waals surface area (Å²) in [6, 6.07) is 23.4. The molecule has 0 aliphatic rings. The molecule has 40 heavy (non-hydrogen) atoms. The highest BCUT2D eigenvalue weighted by atomic mass is 35.5. The number of aliphatic hydroxyl groups is 1. The Hall–Kier alpha value is -4.46. The fourth-order valence-corrected chi connectivity index (χ4v) is 5.44. The Morgan fingerprint density at radius 1 is 0.975 bits per heavy atom. The molecule has 3 aromatic heterocycles. The predicted octanol–water partition coefficient (Wildman–Crippen LogP) is 6.44. The van der Waals surface area contributed by atoms with Gasteiger partial charge in [0.05, 0.1) is 35.9 Å². The molecule has 6 aromatic rings. The monoisotopic (exact) mass is 552 g/mol. The third-order valence-electron chi connectivity index (χ3n) is 7.26. The summed E-state index contributed by atoms with van der Waals surface area (Å²) in [6.07, 6.45) is 7.72. The second-order valence-electron chi connectivity index (χ2n) is 9.69. The van der Waals surface area contributed by atoms with Crippen LogP contribution in [-0.4, -0.2) is 31.3 Å². The molecule has 1 N–H and O–H groups in total. The van der Waals surface area contributed by atoms with Crippen molar-refractivity contribution in [2.24, 2.45) is 7.05 Å². The summed E-state index contributed by atoms with van der Waals surface area (Å²) in [5, 5.41) is 13.4. The number of nitrogens with zero attached hydrogens (tertiary/aromatic N) is 4. The fourth-order valence-electron chi connectivity index (χ4n) is 5.15. The topological polar surface area (TPSA) is 65.1 Å². The average Bonchev–Trinajstić information content (AvgIpc) is 3.67. The summed E-state index contributed by atoms with van der Waals surface area (Å²) in [4.78, 5) is 8.95. The van der Waals surface area contributed by atoms with E-state index >= 15 is 0 Å². The number of halogens is 2. The van der Waals surface area contributed by atoms with Gasteiger partial charge in [-0.2, -0.15) is 0 Å². The Morgan fingerprint density at radius 2 is 1.68 bits per heavy atom. The molecule has 8 heteroatoms. The van der Waals surface area contributed by atoms with E-state index in [-0.39, 0.29) is 5.82 Å². The van der Waals surface area contributed by atoms with Crippen molar-refractivity contribution in [1.29, 1.82) is 0 Å². The predicted molar refractivity (Wildman–Crippen MR) is 154 cm³/mol. The highest BCUT2D eigenvalue weighted by molar-refractivity contribution is 6.36. The van der Waals surface area contributed by atoms with E-state index in [1.165, 1.54) is 12.1 Å². The van der Waals surface area contributed by atoms with Crippen LogP contribution in [0.25, 0.3) is 16.6 Å². The maximum atomic E-state index is 13.8. The van der Waals surface area contributed by atoms with Gasteiger partial charge in [0.25, 0.3) is 0 Å². The van der Waals surface area contributed by atoms with Crippen molar-refractivity contribution in [2.45, 2.75) is 12.0 Å². The molecule has 0 radical (unpaired) electrons. The van der Waals surface area contributed by atoms with Gasteiger partial charge in [0.15, 0.2) is 5.60 Å². The van der Waals surface area contributed by atoms with Crippen molar-refractivity contribution in [3.8, 4) is 11.6 Å². The molecule has 0 saturated carbocycles. The van der Waals surface area contributed by atoms with Crippen LogP contribution < -0.4 is 4.74 Å². The molecule has 0 aliphatic heterocycles. The zero-order valence-electron chi connectivity index (χ0n) is 21.9. The van der Waals surface area contributed by atoms with Crippen molar-refractivity contribution in [3.63, 3.8) is 0 Å². The van der Waals surface area contributed by atoms with E-state index < -0.39 is 5.60 Å². The second-order valence-corrected chi connectivity index (χ2v) is 10.1. The minimum absolute atomic E-state index is 0.389. The minimum atomic E-state index is -1.62. The van der Waals surface area contributed by atoms with Gasteiger partial charge in [-0.15, -0.1) is 0 Å². The second kappa shape index (κ2) is 10.3. The summed E-state index contributed by atoms with van der Waals surface area (Å²) < 4.78 is 23.2. The molecular formula is C32H26ClFN4O2.